The van der Waals surface area contributed by atoms with E-state index in [1.165, 1.54) is 25.7 Å². The fourth-order valence-electron chi connectivity index (χ4n) is 2.14. The van der Waals surface area contributed by atoms with Crippen molar-refractivity contribution < 1.29 is 12.6 Å². The summed E-state index contributed by atoms with van der Waals surface area (Å²) in [7, 11) is -3.28. The summed E-state index contributed by atoms with van der Waals surface area (Å²) < 4.78 is 26.2. The van der Waals surface area contributed by atoms with E-state index < -0.39 is 10.1 Å². The first-order valence-corrected chi connectivity index (χ1v) is 11.3. The Morgan fingerprint density at radius 3 is 1.56 bits per heavy atom. The lowest BCUT2D eigenvalue weighted by Crippen LogP contribution is -2.03. The molecule has 25 heavy (non-hydrogen) atoms. The van der Waals surface area contributed by atoms with Gasteiger partial charge in [-0.3, -0.25) is 4.18 Å². The number of hydrogen-bond acceptors (Lipinski definition) is 3. The molecule has 0 radical (unpaired) electrons. The van der Waals surface area contributed by atoms with Crippen molar-refractivity contribution in [1.82, 2.24) is 0 Å². The Kier molecular flexibility index (Phi) is 16.9. The highest BCUT2D eigenvalue weighted by Crippen LogP contribution is 2.02. The summed E-state index contributed by atoms with van der Waals surface area (Å²) in [5.41, 5.74) is 0. The fraction of sp³-hybridized carbons (Fsp3) is 0.619. The van der Waals surface area contributed by atoms with Crippen LogP contribution in [0.1, 0.15) is 71.1 Å². The summed E-state index contributed by atoms with van der Waals surface area (Å²) in [5, 5.41) is 0. The second-order valence-corrected chi connectivity index (χ2v) is 7.75. The first-order chi connectivity index (χ1) is 12.1. The fourth-order valence-corrected chi connectivity index (χ4v) is 2.56. The monoisotopic (exact) mass is 368 g/mol. The Hall–Kier alpha value is -1.13. The summed E-state index contributed by atoms with van der Waals surface area (Å²) >= 11 is 0. The van der Waals surface area contributed by atoms with Crippen molar-refractivity contribution in [2.45, 2.75) is 71.1 Å². The van der Waals surface area contributed by atoms with Gasteiger partial charge in [0.25, 0.3) is 10.1 Å². The van der Waals surface area contributed by atoms with Crippen molar-refractivity contribution in [2.75, 3.05) is 12.9 Å². The number of rotatable bonds is 16. The van der Waals surface area contributed by atoms with E-state index in [9.17, 15) is 8.42 Å². The SMILES string of the molecule is CCCCC/C=C\C/C=C\C/C=C\C/C=C\CCCCOS(C)(=O)=O. The Balaban J connectivity index is 3.43. The van der Waals surface area contributed by atoms with Gasteiger partial charge in [-0.05, 0) is 51.4 Å². The van der Waals surface area contributed by atoms with E-state index in [4.69, 9.17) is 0 Å². The van der Waals surface area contributed by atoms with Gasteiger partial charge in [0.2, 0.25) is 0 Å². The third-order valence-corrected chi connectivity index (χ3v) is 4.11. The summed E-state index contributed by atoms with van der Waals surface area (Å²) in [6.07, 6.45) is 29.5. The zero-order valence-corrected chi connectivity index (χ0v) is 16.8. The molecule has 3 nitrogen and oxygen atoms in total. The lowest BCUT2D eigenvalue weighted by atomic mass is 10.2. The molecule has 0 fully saturated rings. The molecule has 0 aliphatic heterocycles. The Morgan fingerprint density at radius 1 is 0.680 bits per heavy atom. The highest BCUT2D eigenvalue weighted by molar-refractivity contribution is 7.85. The predicted octanol–water partition coefficient (Wildman–Crippen LogP) is 6.11. The predicted molar refractivity (Wildman–Crippen MR) is 109 cm³/mol. The molecule has 0 unspecified atom stereocenters. The van der Waals surface area contributed by atoms with Crippen LogP contribution in [0.5, 0.6) is 0 Å². The molecule has 0 aliphatic carbocycles. The van der Waals surface area contributed by atoms with Gasteiger partial charge >= 0.3 is 0 Å². The van der Waals surface area contributed by atoms with Gasteiger partial charge in [0.15, 0.2) is 0 Å². The van der Waals surface area contributed by atoms with E-state index in [0.717, 1.165) is 44.8 Å². The molecule has 0 spiro atoms. The van der Waals surface area contributed by atoms with Crippen LogP contribution in [0.3, 0.4) is 0 Å². The van der Waals surface area contributed by atoms with Crippen molar-refractivity contribution in [1.29, 1.82) is 0 Å². The van der Waals surface area contributed by atoms with Crippen LogP contribution in [0, 0.1) is 0 Å². The van der Waals surface area contributed by atoms with Crippen molar-refractivity contribution in [2.24, 2.45) is 0 Å². The Morgan fingerprint density at radius 2 is 1.12 bits per heavy atom. The molecule has 0 aromatic carbocycles. The lowest BCUT2D eigenvalue weighted by Gasteiger charge is -1.98. The molecule has 0 aromatic rings. The lowest BCUT2D eigenvalue weighted by molar-refractivity contribution is 0.312. The smallest absolute Gasteiger partial charge is 0.264 e. The van der Waals surface area contributed by atoms with Gasteiger partial charge in [-0.25, -0.2) is 0 Å². The van der Waals surface area contributed by atoms with Crippen LogP contribution >= 0.6 is 0 Å². The molecule has 0 saturated carbocycles. The van der Waals surface area contributed by atoms with Gasteiger partial charge in [-0.15, -0.1) is 0 Å². The quantitative estimate of drug-likeness (QED) is 0.187. The van der Waals surface area contributed by atoms with Crippen LogP contribution in [-0.4, -0.2) is 21.3 Å². The second-order valence-electron chi connectivity index (χ2n) is 6.11. The van der Waals surface area contributed by atoms with Gasteiger partial charge in [0.1, 0.15) is 0 Å². The molecule has 0 rings (SSSR count). The van der Waals surface area contributed by atoms with Crippen LogP contribution in [0.2, 0.25) is 0 Å². The average Bonchev–Trinajstić information content (AvgIpc) is 2.56. The zero-order valence-electron chi connectivity index (χ0n) is 16.0. The molecule has 0 atom stereocenters. The minimum Gasteiger partial charge on any atom is -0.270 e. The molecule has 144 valence electrons. The summed E-state index contributed by atoms with van der Waals surface area (Å²) in [5.74, 6) is 0. The third-order valence-electron chi connectivity index (χ3n) is 3.52. The number of unbranched alkanes of at least 4 members (excludes halogenated alkanes) is 5. The maximum absolute atomic E-state index is 10.8. The van der Waals surface area contributed by atoms with Crippen LogP contribution in [0.15, 0.2) is 48.6 Å². The van der Waals surface area contributed by atoms with Crippen LogP contribution in [0.4, 0.5) is 0 Å². The minimum atomic E-state index is -3.28. The summed E-state index contributed by atoms with van der Waals surface area (Å²) in [6, 6.07) is 0. The Labute approximate surface area is 155 Å². The van der Waals surface area contributed by atoms with Crippen molar-refractivity contribution in [3.63, 3.8) is 0 Å². The van der Waals surface area contributed by atoms with Gasteiger partial charge in [-0.1, -0.05) is 68.4 Å². The molecule has 0 aliphatic rings. The standard InChI is InChI=1S/C21H36O3S/c1-3-4-5-6-7-8-9-10-11-12-13-14-15-16-17-18-19-20-21-24-25(2,22)23/h7-8,10-11,13-14,16-17H,3-6,9,12,15,18-21H2,1-2H3/b8-7-,11-10-,14-13-,17-16-. The second kappa shape index (κ2) is 17.7. The largest absolute Gasteiger partial charge is 0.270 e. The minimum absolute atomic E-state index is 0.285. The first kappa shape index (κ1) is 23.9. The van der Waals surface area contributed by atoms with Crippen molar-refractivity contribution >= 4 is 10.1 Å². The topological polar surface area (TPSA) is 43.4 Å². The molecule has 0 aromatic heterocycles. The average molecular weight is 369 g/mol. The highest BCUT2D eigenvalue weighted by Gasteiger charge is 1.99. The van der Waals surface area contributed by atoms with Gasteiger partial charge in [-0.2, -0.15) is 8.42 Å². The maximum atomic E-state index is 10.8. The molecular weight excluding hydrogens is 332 g/mol. The molecule has 0 saturated heterocycles. The summed E-state index contributed by atoms with van der Waals surface area (Å²) in [4.78, 5) is 0. The van der Waals surface area contributed by atoms with E-state index in [2.05, 4.69) is 59.7 Å². The van der Waals surface area contributed by atoms with E-state index in [1.54, 1.807) is 0 Å². The van der Waals surface area contributed by atoms with E-state index in [1.807, 2.05) is 0 Å². The summed E-state index contributed by atoms with van der Waals surface area (Å²) in [6.45, 7) is 2.52. The Bertz CT molecular complexity index is 499. The van der Waals surface area contributed by atoms with E-state index in [-0.39, 0.29) is 6.61 Å². The third kappa shape index (κ3) is 22.9. The molecule has 0 bridgehead atoms. The first-order valence-electron chi connectivity index (χ1n) is 9.50. The van der Waals surface area contributed by atoms with E-state index >= 15 is 0 Å². The molecule has 0 N–H and O–H groups in total. The van der Waals surface area contributed by atoms with E-state index in [0.29, 0.717) is 0 Å². The maximum Gasteiger partial charge on any atom is 0.264 e. The van der Waals surface area contributed by atoms with Crippen molar-refractivity contribution in [3.8, 4) is 0 Å². The van der Waals surface area contributed by atoms with Gasteiger partial charge in [0, 0.05) is 0 Å². The van der Waals surface area contributed by atoms with Gasteiger partial charge in [0.05, 0.1) is 12.9 Å². The molecule has 0 heterocycles. The van der Waals surface area contributed by atoms with Crippen molar-refractivity contribution in [3.05, 3.63) is 48.6 Å². The number of allylic oxidation sites excluding steroid dienone is 8. The van der Waals surface area contributed by atoms with Crippen LogP contribution in [0.25, 0.3) is 0 Å². The number of hydrogen-bond donors (Lipinski definition) is 0. The molecule has 4 heteroatoms. The van der Waals surface area contributed by atoms with Crippen LogP contribution in [-0.2, 0) is 14.3 Å². The molecule has 0 amide bonds. The van der Waals surface area contributed by atoms with Gasteiger partial charge < -0.3 is 0 Å². The van der Waals surface area contributed by atoms with Crippen LogP contribution < -0.4 is 0 Å². The highest BCUT2D eigenvalue weighted by atomic mass is 32.2. The zero-order chi connectivity index (χ0) is 18.6. The normalized spacial score (nSPS) is 13.2. The molecular formula is C21H36O3S.